The summed E-state index contributed by atoms with van der Waals surface area (Å²) in [5.41, 5.74) is 0. The lowest BCUT2D eigenvalue weighted by Gasteiger charge is -2.07. The first-order valence-corrected chi connectivity index (χ1v) is 21.9. The van der Waals surface area contributed by atoms with E-state index >= 15 is 0 Å². The fourth-order valence-corrected chi connectivity index (χ4v) is 7.39. The van der Waals surface area contributed by atoms with Crippen molar-refractivity contribution in [3.05, 3.63) is 18.2 Å². The normalized spacial score (nSPS) is 11.6. The molecule has 0 aliphatic rings. The van der Waals surface area contributed by atoms with E-state index < -0.39 is 0 Å². The predicted molar refractivity (Wildman–Crippen MR) is 207 cm³/mol. The van der Waals surface area contributed by atoms with Crippen LogP contribution in [0.2, 0.25) is 0 Å². The first-order chi connectivity index (χ1) is 22.8. The number of unbranched alkanes of at least 4 members (excludes halogenated alkanes) is 32. The summed E-state index contributed by atoms with van der Waals surface area (Å²) in [6, 6.07) is 0. The Kier molecular flexibility index (Phi) is 33.4. The molecule has 2 nitrogen and oxygen atoms in total. The zero-order valence-electron chi connectivity index (χ0n) is 32.4. The lowest BCUT2D eigenvalue weighted by Crippen LogP contribution is -2.37. The Bertz CT molecular complexity index is 707. The quantitative estimate of drug-likeness (QED) is 0.0501. The molecular formula is C44H87N2+. The van der Waals surface area contributed by atoms with E-state index in [1.165, 1.54) is 244 Å². The van der Waals surface area contributed by atoms with Crippen LogP contribution >= 0.6 is 0 Å². The lowest BCUT2D eigenvalue weighted by atomic mass is 10.0. The molecule has 0 amide bonds. The average Bonchev–Trinajstić information content (AvgIpc) is 3.45. The van der Waals surface area contributed by atoms with Crippen LogP contribution in [0.5, 0.6) is 0 Å². The van der Waals surface area contributed by atoms with Crippen LogP contribution in [0.15, 0.2) is 12.4 Å². The van der Waals surface area contributed by atoms with Gasteiger partial charge in [0.1, 0.15) is 12.4 Å². The fraction of sp³-hybridized carbons (Fsp3) is 0.932. The molecule has 1 aromatic rings. The summed E-state index contributed by atoms with van der Waals surface area (Å²) >= 11 is 0. The minimum atomic E-state index is 1.23. The molecule has 1 heterocycles. The van der Waals surface area contributed by atoms with Crippen molar-refractivity contribution in [3.8, 4) is 0 Å². The van der Waals surface area contributed by atoms with Crippen molar-refractivity contribution in [2.75, 3.05) is 0 Å². The van der Waals surface area contributed by atoms with Crippen molar-refractivity contribution >= 4 is 0 Å². The molecule has 0 aromatic carbocycles. The predicted octanol–water partition coefficient (Wildman–Crippen LogP) is 15.0. The molecule has 2 heteroatoms. The Morgan fingerprint density at radius 2 is 0.674 bits per heavy atom. The van der Waals surface area contributed by atoms with Gasteiger partial charge in [0.05, 0.1) is 13.1 Å². The van der Waals surface area contributed by atoms with Crippen molar-refractivity contribution in [2.24, 2.45) is 0 Å². The number of imidazole rings is 1. The first kappa shape index (κ1) is 43.2. The molecule has 272 valence electrons. The van der Waals surface area contributed by atoms with E-state index in [1.807, 2.05) is 0 Å². The first-order valence-electron chi connectivity index (χ1n) is 21.9. The molecule has 0 radical (unpaired) electrons. The summed E-state index contributed by atoms with van der Waals surface area (Å²) in [6.07, 6.45) is 56.4. The zero-order chi connectivity index (χ0) is 33.0. The molecule has 0 saturated heterocycles. The minimum absolute atomic E-state index is 1.23. The topological polar surface area (TPSA) is 8.81 Å². The van der Waals surface area contributed by atoms with E-state index in [2.05, 4.69) is 42.3 Å². The number of rotatable bonds is 38. The highest BCUT2D eigenvalue weighted by Crippen LogP contribution is 2.16. The van der Waals surface area contributed by atoms with Gasteiger partial charge in [-0.1, -0.05) is 213 Å². The van der Waals surface area contributed by atoms with Gasteiger partial charge in [0.15, 0.2) is 0 Å². The van der Waals surface area contributed by atoms with E-state index in [0.29, 0.717) is 0 Å². The Balaban J connectivity index is 2.23. The summed E-state index contributed by atoms with van der Waals surface area (Å²) in [4.78, 5) is 0. The molecular weight excluding hydrogens is 556 g/mol. The molecule has 46 heavy (non-hydrogen) atoms. The molecule has 0 saturated carbocycles. The number of aryl methyl sites for hydroxylation is 2. The maximum atomic E-state index is 2.64. The molecule has 1 aromatic heterocycles. The van der Waals surface area contributed by atoms with Gasteiger partial charge < -0.3 is 0 Å². The largest absolute Gasteiger partial charge is 0.256 e. The van der Waals surface area contributed by atoms with E-state index in [4.69, 9.17) is 0 Å². The van der Waals surface area contributed by atoms with E-state index in [0.717, 1.165) is 0 Å². The minimum Gasteiger partial charge on any atom is -0.234 e. The van der Waals surface area contributed by atoms with Gasteiger partial charge in [0.25, 0.3) is 5.82 Å². The third kappa shape index (κ3) is 27.2. The number of aromatic nitrogens is 2. The molecule has 0 atom stereocenters. The van der Waals surface area contributed by atoms with E-state index in [1.54, 1.807) is 5.82 Å². The SMILES string of the molecule is CCCCCCCCCCCCCCCCCCn1cc[n+](CCCCCCCCCC)c1CCCCCCCCCCCCC. The molecule has 0 N–H and O–H groups in total. The van der Waals surface area contributed by atoms with Gasteiger partial charge >= 0.3 is 0 Å². The summed E-state index contributed by atoms with van der Waals surface area (Å²) in [5.74, 6) is 1.62. The zero-order valence-corrected chi connectivity index (χ0v) is 32.4. The summed E-state index contributed by atoms with van der Waals surface area (Å²) in [6.45, 7) is 9.41. The Morgan fingerprint density at radius 1 is 0.370 bits per heavy atom. The fourth-order valence-electron chi connectivity index (χ4n) is 7.39. The van der Waals surface area contributed by atoms with Gasteiger partial charge in [0.2, 0.25) is 0 Å². The second-order valence-corrected chi connectivity index (χ2v) is 15.2. The van der Waals surface area contributed by atoms with Crippen LogP contribution in [-0.4, -0.2) is 4.57 Å². The summed E-state index contributed by atoms with van der Waals surface area (Å²) in [7, 11) is 0. The van der Waals surface area contributed by atoms with Crippen molar-refractivity contribution < 1.29 is 4.57 Å². The van der Waals surface area contributed by atoms with Crippen LogP contribution in [0, 0.1) is 0 Å². The molecule has 0 aliphatic carbocycles. The molecule has 0 unspecified atom stereocenters. The highest BCUT2D eigenvalue weighted by Gasteiger charge is 2.16. The van der Waals surface area contributed by atoms with Crippen molar-refractivity contribution in [1.82, 2.24) is 4.57 Å². The summed E-state index contributed by atoms with van der Waals surface area (Å²) < 4.78 is 5.28. The van der Waals surface area contributed by atoms with Crippen molar-refractivity contribution in [2.45, 2.75) is 265 Å². The Labute approximate surface area is 291 Å². The monoisotopic (exact) mass is 644 g/mol. The average molecular weight is 644 g/mol. The number of hydrogen-bond donors (Lipinski definition) is 0. The highest BCUT2D eigenvalue weighted by molar-refractivity contribution is 4.84. The molecule has 0 aliphatic heterocycles. The van der Waals surface area contributed by atoms with E-state index in [9.17, 15) is 0 Å². The van der Waals surface area contributed by atoms with E-state index in [-0.39, 0.29) is 0 Å². The third-order valence-electron chi connectivity index (χ3n) is 10.6. The van der Waals surface area contributed by atoms with Crippen LogP contribution in [0.1, 0.15) is 251 Å². The van der Waals surface area contributed by atoms with Gasteiger partial charge in [-0.15, -0.1) is 0 Å². The van der Waals surface area contributed by atoms with Crippen LogP contribution in [0.4, 0.5) is 0 Å². The second-order valence-electron chi connectivity index (χ2n) is 15.2. The molecule has 0 bridgehead atoms. The van der Waals surface area contributed by atoms with Crippen LogP contribution in [0.25, 0.3) is 0 Å². The van der Waals surface area contributed by atoms with Gasteiger partial charge in [-0.25, -0.2) is 9.13 Å². The third-order valence-corrected chi connectivity index (χ3v) is 10.6. The maximum absolute atomic E-state index is 2.64. The molecule has 0 spiro atoms. The smallest absolute Gasteiger partial charge is 0.234 e. The van der Waals surface area contributed by atoms with Gasteiger partial charge in [-0.3, -0.25) is 0 Å². The van der Waals surface area contributed by atoms with Crippen molar-refractivity contribution in [1.29, 1.82) is 0 Å². The van der Waals surface area contributed by atoms with Crippen LogP contribution in [0.3, 0.4) is 0 Å². The van der Waals surface area contributed by atoms with Crippen molar-refractivity contribution in [3.63, 3.8) is 0 Å². The Morgan fingerprint density at radius 3 is 1.04 bits per heavy atom. The van der Waals surface area contributed by atoms with Gasteiger partial charge in [-0.2, -0.15) is 0 Å². The molecule has 1 rings (SSSR count). The van der Waals surface area contributed by atoms with Crippen LogP contribution < -0.4 is 4.57 Å². The lowest BCUT2D eigenvalue weighted by molar-refractivity contribution is -0.704. The molecule has 0 fully saturated rings. The number of hydrogen-bond acceptors (Lipinski definition) is 0. The maximum Gasteiger partial charge on any atom is 0.256 e. The summed E-state index contributed by atoms with van der Waals surface area (Å²) in [5, 5.41) is 0. The highest BCUT2D eigenvalue weighted by atomic mass is 15.1. The Hall–Kier alpha value is -0.790. The van der Waals surface area contributed by atoms with Gasteiger partial charge in [0, 0.05) is 6.42 Å². The number of nitrogens with zero attached hydrogens (tertiary/aromatic N) is 2. The second kappa shape index (κ2) is 35.5. The van der Waals surface area contributed by atoms with Crippen LogP contribution in [-0.2, 0) is 19.5 Å². The van der Waals surface area contributed by atoms with Gasteiger partial charge in [-0.05, 0) is 32.1 Å². The standard InChI is InChI=1S/C44H87N2/c1-4-7-10-13-16-19-21-22-23-24-25-27-29-32-35-38-41-46-43-42-45(40-37-34-31-18-15-12-9-6-3)44(46)39-36-33-30-28-26-20-17-14-11-8-5-2/h42-43H,4-41H2,1-3H3/q+1.